The quantitative estimate of drug-likeness (QED) is 0.848. The van der Waals surface area contributed by atoms with Crippen LogP contribution in [-0.2, 0) is 6.54 Å². The van der Waals surface area contributed by atoms with Crippen molar-refractivity contribution >= 4 is 11.3 Å². The third-order valence-electron chi connectivity index (χ3n) is 3.41. The summed E-state index contributed by atoms with van der Waals surface area (Å²) in [5.41, 5.74) is 5.40. The van der Waals surface area contributed by atoms with Gasteiger partial charge in [-0.2, -0.15) is 0 Å². The molecule has 2 N–H and O–H groups in total. The van der Waals surface area contributed by atoms with Crippen molar-refractivity contribution < 1.29 is 0 Å². The van der Waals surface area contributed by atoms with E-state index in [1.807, 2.05) is 0 Å². The van der Waals surface area contributed by atoms with Crippen LogP contribution in [0.1, 0.15) is 22.6 Å². The third-order valence-corrected chi connectivity index (χ3v) is 4.39. The molecule has 1 fully saturated rings. The molecule has 4 heteroatoms. The van der Waals surface area contributed by atoms with Crippen LogP contribution in [-0.4, -0.2) is 49.6 Å². The Labute approximate surface area is 120 Å². The first kappa shape index (κ1) is 14.5. The molecule has 0 amide bonds. The molecule has 1 aliphatic rings. The van der Waals surface area contributed by atoms with E-state index in [9.17, 15) is 0 Å². The van der Waals surface area contributed by atoms with Gasteiger partial charge in [0.05, 0.1) is 11.4 Å². The minimum atomic E-state index is 0.435. The number of nitrogens with two attached hydrogens (primary N) is 1. The predicted octanol–water partition coefficient (Wildman–Crippen LogP) is 1.58. The molecule has 0 aromatic carbocycles. The molecule has 1 aromatic heterocycles. The molecule has 0 bridgehead atoms. The number of nitrogens with zero attached hydrogens (tertiary/aromatic N) is 2. The minimum absolute atomic E-state index is 0.435. The second-order valence-electron chi connectivity index (χ2n) is 5.30. The Bertz CT molecular complexity index is 455. The van der Waals surface area contributed by atoms with Crippen molar-refractivity contribution in [3.05, 3.63) is 21.9 Å². The van der Waals surface area contributed by atoms with Gasteiger partial charge in [0, 0.05) is 24.0 Å². The zero-order valence-corrected chi connectivity index (χ0v) is 12.7. The average Bonchev–Trinajstić information content (AvgIpc) is 2.97. The standard InChI is InChI=1S/C15H23N3S/c1-17(2)11-13-5-4-10-18(13)12-15-8-7-14(19-15)6-3-9-16/h7-8,13H,4-5,9-12,16H2,1-2H3. The summed E-state index contributed by atoms with van der Waals surface area (Å²) in [5.74, 6) is 6.02. The van der Waals surface area contributed by atoms with Crippen molar-refractivity contribution in [3.63, 3.8) is 0 Å². The molecule has 0 radical (unpaired) electrons. The van der Waals surface area contributed by atoms with Gasteiger partial charge >= 0.3 is 0 Å². The van der Waals surface area contributed by atoms with E-state index in [2.05, 4.69) is 47.9 Å². The van der Waals surface area contributed by atoms with E-state index in [1.165, 1.54) is 24.3 Å². The van der Waals surface area contributed by atoms with Crippen LogP contribution in [0.2, 0.25) is 0 Å². The Morgan fingerprint density at radius 1 is 1.47 bits per heavy atom. The molecule has 1 aromatic rings. The summed E-state index contributed by atoms with van der Waals surface area (Å²) in [7, 11) is 4.31. The second-order valence-corrected chi connectivity index (χ2v) is 6.47. The molecular formula is C15H23N3S. The highest BCUT2D eigenvalue weighted by atomic mass is 32.1. The lowest BCUT2D eigenvalue weighted by Crippen LogP contribution is -2.36. The van der Waals surface area contributed by atoms with Crippen molar-refractivity contribution in [1.82, 2.24) is 9.80 Å². The van der Waals surface area contributed by atoms with Crippen LogP contribution in [0.15, 0.2) is 12.1 Å². The molecule has 1 unspecified atom stereocenters. The van der Waals surface area contributed by atoms with Crippen molar-refractivity contribution in [2.24, 2.45) is 5.73 Å². The summed E-state index contributed by atoms with van der Waals surface area (Å²) >= 11 is 1.80. The van der Waals surface area contributed by atoms with Gasteiger partial charge in [0.25, 0.3) is 0 Å². The van der Waals surface area contributed by atoms with Crippen molar-refractivity contribution in [2.75, 3.05) is 33.7 Å². The summed E-state index contributed by atoms with van der Waals surface area (Å²) < 4.78 is 0. The van der Waals surface area contributed by atoms with E-state index in [-0.39, 0.29) is 0 Å². The first-order valence-corrected chi connectivity index (χ1v) is 7.67. The highest BCUT2D eigenvalue weighted by molar-refractivity contribution is 7.12. The zero-order chi connectivity index (χ0) is 13.7. The van der Waals surface area contributed by atoms with E-state index in [0.717, 1.165) is 18.0 Å². The van der Waals surface area contributed by atoms with Gasteiger partial charge < -0.3 is 10.6 Å². The van der Waals surface area contributed by atoms with Gasteiger partial charge in [0.2, 0.25) is 0 Å². The fourth-order valence-electron chi connectivity index (χ4n) is 2.60. The molecule has 0 aliphatic carbocycles. The average molecular weight is 277 g/mol. The monoisotopic (exact) mass is 277 g/mol. The largest absolute Gasteiger partial charge is 0.320 e. The van der Waals surface area contributed by atoms with Gasteiger partial charge in [0.15, 0.2) is 0 Å². The van der Waals surface area contributed by atoms with Gasteiger partial charge in [-0.1, -0.05) is 11.8 Å². The van der Waals surface area contributed by atoms with Gasteiger partial charge in [-0.15, -0.1) is 11.3 Å². The predicted molar refractivity (Wildman–Crippen MR) is 82.2 cm³/mol. The molecule has 104 valence electrons. The van der Waals surface area contributed by atoms with E-state index >= 15 is 0 Å². The lowest BCUT2D eigenvalue weighted by atomic mass is 10.2. The van der Waals surface area contributed by atoms with Gasteiger partial charge in [0.1, 0.15) is 0 Å². The van der Waals surface area contributed by atoms with E-state index < -0.39 is 0 Å². The van der Waals surface area contributed by atoms with Crippen LogP contribution in [0.4, 0.5) is 0 Å². The summed E-state index contributed by atoms with van der Waals surface area (Å²) in [6.45, 7) is 3.88. The number of hydrogen-bond donors (Lipinski definition) is 1. The fraction of sp³-hybridized carbons (Fsp3) is 0.600. The molecule has 1 aliphatic heterocycles. The summed E-state index contributed by atoms with van der Waals surface area (Å²) in [6.07, 6.45) is 2.65. The highest BCUT2D eigenvalue weighted by Crippen LogP contribution is 2.24. The zero-order valence-electron chi connectivity index (χ0n) is 11.9. The van der Waals surface area contributed by atoms with Crippen LogP contribution in [0, 0.1) is 11.8 Å². The molecule has 2 heterocycles. The molecule has 19 heavy (non-hydrogen) atoms. The van der Waals surface area contributed by atoms with Crippen molar-refractivity contribution in [3.8, 4) is 11.8 Å². The Balaban J connectivity index is 1.94. The Hall–Kier alpha value is -0.860. The Morgan fingerprint density at radius 3 is 3.05 bits per heavy atom. The van der Waals surface area contributed by atoms with Crippen molar-refractivity contribution in [2.45, 2.75) is 25.4 Å². The van der Waals surface area contributed by atoms with Crippen LogP contribution in [0.5, 0.6) is 0 Å². The molecule has 1 saturated heterocycles. The number of hydrogen-bond acceptors (Lipinski definition) is 4. The molecule has 3 nitrogen and oxygen atoms in total. The lowest BCUT2D eigenvalue weighted by molar-refractivity contribution is 0.202. The van der Waals surface area contributed by atoms with Crippen LogP contribution < -0.4 is 5.73 Å². The van der Waals surface area contributed by atoms with Crippen molar-refractivity contribution in [1.29, 1.82) is 0 Å². The normalized spacial score (nSPS) is 19.7. The third kappa shape index (κ3) is 4.32. The lowest BCUT2D eigenvalue weighted by Gasteiger charge is -2.26. The molecule has 1 atom stereocenters. The highest BCUT2D eigenvalue weighted by Gasteiger charge is 2.25. The number of rotatable bonds is 4. The summed E-state index contributed by atoms with van der Waals surface area (Å²) in [6, 6.07) is 5.02. The first-order chi connectivity index (χ1) is 9.19. The number of thiophene rings is 1. The maximum atomic E-state index is 5.40. The van der Waals surface area contributed by atoms with E-state index in [0.29, 0.717) is 12.6 Å². The summed E-state index contributed by atoms with van der Waals surface area (Å²) in [4.78, 5) is 7.43. The maximum Gasteiger partial charge on any atom is 0.0772 e. The van der Waals surface area contributed by atoms with E-state index in [4.69, 9.17) is 5.73 Å². The van der Waals surface area contributed by atoms with E-state index in [1.54, 1.807) is 11.3 Å². The molecule has 0 saturated carbocycles. The minimum Gasteiger partial charge on any atom is -0.320 e. The number of likely N-dealkylation sites (tertiary alicyclic amines) is 1. The van der Waals surface area contributed by atoms with Crippen LogP contribution >= 0.6 is 11.3 Å². The smallest absolute Gasteiger partial charge is 0.0772 e. The van der Waals surface area contributed by atoms with Gasteiger partial charge in [-0.05, 0) is 45.6 Å². The molecule has 0 spiro atoms. The van der Waals surface area contributed by atoms with Crippen LogP contribution in [0.25, 0.3) is 0 Å². The summed E-state index contributed by atoms with van der Waals surface area (Å²) in [5, 5.41) is 0. The Morgan fingerprint density at radius 2 is 2.32 bits per heavy atom. The molecular weight excluding hydrogens is 254 g/mol. The number of likely N-dealkylation sites (N-methyl/N-ethyl adjacent to an activating group) is 1. The van der Waals surface area contributed by atoms with Gasteiger partial charge in [-0.25, -0.2) is 0 Å². The van der Waals surface area contributed by atoms with Gasteiger partial charge in [-0.3, -0.25) is 4.90 Å². The molecule has 2 rings (SSSR count). The Kier molecular flexibility index (Phi) is 5.41. The maximum absolute atomic E-state index is 5.40. The second kappa shape index (κ2) is 7.06. The topological polar surface area (TPSA) is 32.5 Å². The SMILES string of the molecule is CN(C)CC1CCCN1Cc1ccc(C#CCN)s1. The fourth-order valence-corrected chi connectivity index (χ4v) is 3.51. The first-order valence-electron chi connectivity index (χ1n) is 6.85. The van der Waals surface area contributed by atoms with Crippen LogP contribution in [0.3, 0.4) is 0 Å².